The third-order valence-electron chi connectivity index (χ3n) is 4.30. The molecule has 4 unspecified atom stereocenters. The summed E-state index contributed by atoms with van der Waals surface area (Å²) in [5.74, 6) is -6.39. The third-order valence-corrected chi connectivity index (χ3v) is 4.30. The first-order valence-electron chi connectivity index (χ1n) is 9.24. The summed E-state index contributed by atoms with van der Waals surface area (Å²) in [6.07, 6.45) is -0.777. The highest BCUT2D eigenvalue weighted by molar-refractivity contribution is 5.95. The van der Waals surface area contributed by atoms with E-state index in [1.165, 1.54) is 0 Å². The number of carbonyl (C=O) groups is 6. The van der Waals surface area contributed by atoms with Gasteiger partial charge in [0.1, 0.15) is 18.6 Å². The van der Waals surface area contributed by atoms with E-state index in [0.29, 0.717) is 6.42 Å². The summed E-state index contributed by atoms with van der Waals surface area (Å²) in [4.78, 5) is 69.6. The molecule has 0 aliphatic heterocycles. The Bertz CT molecular complexity index is 669. The molecule has 0 saturated heterocycles. The molecule has 170 valence electrons. The number of nitrogens with one attached hydrogen (secondary N) is 3. The molecule has 4 amide bonds. The molecule has 0 fully saturated rings. The van der Waals surface area contributed by atoms with Crippen molar-refractivity contribution in [2.24, 2.45) is 17.4 Å². The minimum absolute atomic E-state index is 0.233. The average Bonchev–Trinajstić information content (AvgIpc) is 2.66. The molecule has 0 rings (SSSR count). The van der Waals surface area contributed by atoms with Crippen molar-refractivity contribution < 1.29 is 39.0 Å². The highest BCUT2D eigenvalue weighted by Gasteiger charge is 2.30. The molecule has 0 spiro atoms. The summed E-state index contributed by atoms with van der Waals surface area (Å²) in [5.41, 5.74) is 10.8. The molecule has 0 aliphatic rings. The van der Waals surface area contributed by atoms with Gasteiger partial charge >= 0.3 is 11.9 Å². The van der Waals surface area contributed by atoms with Crippen molar-refractivity contribution in [2.45, 2.75) is 57.7 Å². The number of hydrogen-bond acceptors (Lipinski definition) is 7. The molecule has 0 aromatic carbocycles. The monoisotopic (exact) mass is 431 g/mol. The molecule has 0 aromatic heterocycles. The van der Waals surface area contributed by atoms with E-state index in [4.69, 9.17) is 21.7 Å². The first-order valence-corrected chi connectivity index (χ1v) is 9.24. The minimum Gasteiger partial charge on any atom is -0.481 e. The molecule has 30 heavy (non-hydrogen) atoms. The topological polar surface area (TPSA) is 231 Å². The van der Waals surface area contributed by atoms with Crippen molar-refractivity contribution in [1.82, 2.24) is 16.0 Å². The Labute approximate surface area is 172 Å². The average molecular weight is 431 g/mol. The van der Waals surface area contributed by atoms with E-state index in [9.17, 15) is 28.8 Å². The van der Waals surface area contributed by atoms with Crippen LogP contribution in [0.1, 0.15) is 39.5 Å². The van der Waals surface area contributed by atoms with Gasteiger partial charge in [-0.3, -0.25) is 28.8 Å². The fourth-order valence-corrected chi connectivity index (χ4v) is 2.28. The number of carboxylic acids is 2. The van der Waals surface area contributed by atoms with Crippen LogP contribution in [0.4, 0.5) is 0 Å². The van der Waals surface area contributed by atoms with Gasteiger partial charge in [0.2, 0.25) is 23.6 Å². The van der Waals surface area contributed by atoms with E-state index in [1.807, 2.05) is 5.32 Å². The summed E-state index contributed by atoms with van der Waals surface area (Å²) in [6, 6.07) is -3.90. The largest absolute Gasteiger partial charge is 0.481 e. The maximum atomic E-state index is 12.5. The zero-order chi connectivity index (χ0) is 23.4. The maximum absolute atomic E-state index is 12.5. The molecule has 0 heterocycles. The van der Waals surface area contributed by atoms with Crippen molar-refractivity contribution in [3.8, 4) is 0 Å². The number of primary amides is 1. The Morgan fingerprint density at radius 1 is 0.900 bits per heavy atom. The number of rotatable bonds is 14. The molecule has 13 heteroatoms. The number of amides is 4. The van der Waals surface area contributed by atoms with Crippen LogP contribution in [0.2, 0.25) is 0 Å². The molecule has 0 bridgehead atoms. The zero-order valence-corrected chi connectivity index (χ0v) is 16.8. The van der Waals surface area contributed by atoms with E-state index < -0.39 is 66.7 Å². The summed E-state index contributed by atoms with van der Waals surface area (Å²) in [5, 5.41) is 24.2. The van der Waals surface area contributed by atoms with Crippen LogP contribution in [-0.2, 0) is 28.8 Å². The molecule has 9 N–H and O–H groups in total. The van der Waals surface area contributed by atoms with E-state index in [2.05, 4.69) is 10.6 Å². The van der Waals surface area contributed by atoms with Gasteiger partial charge < -0.3 is 37.6 Å². The molecule has 0 saturated carbocycles. The van der Waals surface area contributed by atoms with Gasteiger partial charge in [-0.25, -0.2) is 0 Å². The van der Waals surface area contributed by atoms with Gasteiger partial charge in [-0.05, 0) is 12.3 Å². The number of carbonyl (C=O) groups excluding carboxylic acids is 4. The van der Waals surface area contributed by atoms with Crippen LogP contribution in [0.3, 0.4) is 0 Å². The van der Waals surface area contributed by atoms with Crippen LogP contribution >= 0.6 is 0 Å². The highest BCUT2D eigenvalue weighted by Crippen LogP contribution is 2.07. The molecular formula is C17H29N5O8. The van der Waals surface area contributed by atoms with Crippen molar-refractivity contribution >= 4 is 35.6 Å². The Hall–Kier alpha value is -3.22. The number of nitrogens with two attached hydrogens (primary N) is 2. The van der Waals surface area contributed by atoms with Crippen molar-refractivity contribution in [3.63, 3.8) is 0 Å². The lowest BCUT2D eigenvalue weighted by Crippen LogP contribution is -2.57. The standard InChI is InChI=1S/C17H29N5O8/c1-3-8(2)14(19)17(30)22-10(6-12(24)25)16(29)21-9(4-5-11(18)23)15(28)20-7-13(26)27/h8-10,14H,3-7,19H2,1-2H3,(H2,18,23)(H,20,28)(H,21,29)(H,22,30)(H,24,25)(H,26,27). The Balaban J connectivity index is 5.36. The molecule has 0 radical (unpaired) electrons. The van der Waals surface area contributed by atoms with E-state index >= 15 is 0 Å². The summed E-state index contributed by atoms with van der Waals surface area (Å²) >= 11 is 0. The molecule has 0 aliphatic carbocycles. The van der Waals surface area contributed by atoms with Crippen molar-refractivity contribution in [1.29, 1.82) is 0 Å². The van der Waals surface area contributed by atoms with Crippen molar-refractivity contribution in [3.05, 3.63) is 0 Å². The minimum atomic E-state index is -1.55. The summed E-state index contributed by atoms with van der Waals surface area (Å²) < 4.78 is 0. The second kappa shape index (κ2) is 13.1. The second-order valence-electron chi connectivity index (χ2n) is 6.75. The summed E-state index contributed by atoms with van der Waals surface area (Å²) in [6.45, 7) is 2.78. The van der Waals surface area contributed by atoms with E-state index in [1.54, 1.807) is 13.8 Å². The predicted molar refractivity (Wildman–Crippen MR) is 103 cm³/mol. The molecule has 0 aromatic rings. The van der Waals surface area contributed by atoms with Gasteiger partial charge in [-0.2, -0.15) is 0 Å². The Kier molecular flexibility index (Phi) is 11.7. The van der Waals surface area contributed by atoms with E-state index in [0.717, 1.165) is 0 Å². The van der Waals surface area contributed by atoms with E-state index in [-0.39, 0.29) is 18.8 Å². The Morgan fingerprint density at radius 2 is 1.47 bits per heavy atom. The summed E-state index contributed by atoms with van der Waals surface area (Å²) in [7, 11) is 0. The van der Waals surface area contributed by atoms with Gasteiger partial charge in [-0.15, -0.1) is 0 Å². The van der Waals surface area contributed by atoms with Crippen LogP contribution < -0.4 is 27.4 Å². The zero-order valence-electron chi connectivity index (χ0n) is 16.8. The van der Waals surface area contributed by atoms with Crippen molar-refractivity contribution in [2.75, 3.05) is 6.54 Å². The smallest absolute Gasteiger partial charge is 0.322 e. The van der Waals surface area contributed by atoms with Gasteiger partial charge in [0.25, 0.3) is 0 Å². The van der Waals surface area contributed by atoms with Gasteiger partial charge in [0.15, 0.2) is 0 Å². The molecule has 13 nitrogen and oxygen atoms in total. The lowest BCUT2D eigenvalue weighted by atomic mass is 9.99. The SMILES string of the molecule is CCC(C)C(N)C(=O)NC(CC(=O)O)C(=O)NC(CCC(N)=O)C(=O)NCC(=O)O. The molecule has 4 atom stereocenters. The van der Waals surface area contributed by atoms with Gasteiger partial charge in [0.05, 0.1) is 12.5 Å². The maximum Gasteiger partial charge on any atom is 0.322 e. The fourth-order valence-electron chi connectivity index (χ4n) is 2.28. The van der Waals surface area contributed by atoms with Crippen LogP contribution in [0.15, 0.2) is 0 Å². The number of carboxylic acid groups (broad SMARTS) is 2. The lowest BCUT2D eigenvalue weighted by Gasteiger charge is -2.24. The van der Waals surface area contributed by atoms with Crippen LogP contribution in [0.25, 0.3) is 0 Å². The first-order chi connectivity index (χ1) is 13.9. The predicted octanol–water partition coefficient (Wildman–Crippen LogP) is -2.73. The number of hydrogen-bond donors (Lipinski definition) is 7. The highest BCUT2D eigenvalue weighted by atomic mass is 16.4. The quantitative estimate of drug-likeness (QED) is 0.151. The second-order valence-corrected chi connectivity index (χ2v) is 6.75. The van der Waals surface area contributed by atoms with Crippen LogP contribution in [-0.4, -0.2) is 70.5 Å². The molecular weight excluding hydrogens is 402 g/mol. The number of aliphatic carboxylic acids is 2. The van der Waals surface area contributed by atoms with Gasteiger partial charge in [-0.1, -0.05) is 20.3 Å². The normalized spacial score (nSPS) is 14.5. The van der Waals surface area contributed by atoms with Crippen LogP contribution in [0.5, 0.6) is 0 Å². The third kappa shape index (κ3) is 10.4. The van der Waals surface area contributed by atoms with Crippen LogP contribution in [0, 0.1) is 5.92 Å². The van der Waals surface area contributed by atoms with Gasteiger partial charge in [0, 0.05) is 6.42 Å². The lowest BCUT2D eigenvalue weighted by molar-refractivity contribution is -0.141. The Morgan fingerprint density at radius 3 is 1.93 bits per heavy atom. The fraction of sp³-hybridized carbons (Fsp3) is 0.647. The first kappa shape index (κ1) is 26.8.